The van der Waals surface area contributed by atoms with E-state index in [1.54, 1.807) is 13.8 Å². The summed E-state index contributed by atoms with van der Waals surface area (Å²) in [6, 6.07) is 13.6. The molecule has 0 bridgehead atoms. The summed E-state index contributed by atoms with van der Waals surface area (Å²) in [6.45, 7) is 11.4. The maximum Gasteiger partial charge on any atom is 0.243 e. The van der Waals surface area contributed by atoms with E-state index in [1.807, 2.05) is 88.4 Å². The van der Waals surface area contributed by atoms with Gasteiger partial charge in [-0.1, -0.05) is 102 Å². The van der Waals surface area contributed by atoms with Crippen molar-refractivity contribution in [1.82, 2.24) is 26.6 Å². The molecule has 5 N–H and O–H groups in total. The molecule has 1 aliphatic rings. The minimum atomic E-state index is -1.04. The van der Waals surface area contributed by atoms with Gasteiger partial charge in [-0.15, -0.1) is 0 Å². The van der Waals surface area contributed by atoms with E-state index in [-0.39, 0.29) is 30.6 Å². The first kappa shape index (κ1) is 35.3. The van der Waals surface area contributed by atoms with Crippen molar-refractivity contribution in [3.8, 4) is 0 Å². The second-order valence-electron chi connectivity index (χ2n) is 13.1. The number of amides is 5. The van der Waals surface area contributed by atoms with Crippen molar-refractivity contribution in [3.63, 3.8) is 0 Å². The second-order valence-corrected chi connectivity index (χ2v) is 13.1. The Balaban J connectivity index is 2.08. The normalized spacial score (nSPS) is 23.8. The van der Waals surface area contributed by atoms with Crippen molar-refractivity contribution in [2.75, 3.05) is 0 Å². The molecular weight excluding hydrogens is 570 g/mol. The molecule has 1 aliphatic heterocycles. The fourth-order valence-electron chi connectivity index (χ4n) is 5.39. The Kier molecular flexibility index (Phi) is 13.1. The predicted octanol–water partition coefficient (Wildman–Crippen LogP) is 2.66. The largest absolute Gasteiger partial charge is 0.343 e. The molecule has 0 aromatic heterocycles. The van der Waals surface area contributed by atoms with Crippen LogP contribution in [0.2, 0.25) is 0 Å². The smallest absolute Gasteiger partial charge is 0.243 e. The number of rotatable bonds is 9. The second kappa shape index (κ2) is 16.7. The lowest BCUT2D eigenvalue weighted by molar-refractivity contribution is -0.135. The van der Waals surface area contributed by atoms with Crippen LogP contribution in [0.4, 0.5) is 0 Å². The first-order valence-electron chi connectivity index (χ1n) is 15.9. The Hall–Kier alpha value is -4.21. The van der Waals surface area contributed by atoms with Crippen molar-refractivity contribution in [3.05, 3.63) is 71.8 Å². The topological polar surface area (TPSA) is 146 Å². The van der Waals surface area contributed by atoms with Gasteiger partial charge in [-0.25, -0.2) is 0 Å². The molecule has 0 unspecified atom stereocenters. The molecule has 0 aliphatic carbocycles. The molecule has 1 saturated heterocycles. The molecule has 10 nitrogen and oxygen atoms in total. The van der Waals surface area contributed by atoms with E-state index in [0.717, 1.165) is 11.1 Å². The molecule has 1 heterocycles. The number of hydrogen-bond acceptors (Lipinski definition) is 5. The minimum absolute atomic E-state index is 0.0464. The molecule has 0 radical (unpaired) electrons. The Bertz CT molecular complexity index is 1300. The first-order valence-corrected chi connectivity index (χ1v) is 15.9. The summed E-state index contributed by atoms with van der Waals surface area (Å²) in [5, 5.41) is 14.3. The van der Waals surface area contributed by atoms with Gasteiger partial charge >= 0.3 is 0 Å². The zero-order valence-electron chi connectivity index (χ0n) is 27.3. The third-order valence-corrected chi connectivity index (χ3v) is 7.76. The van der Waals surface area contributed by atoms with E-state index < -0.39 is 59.7 Å². The van der Waals surface area contributed by atoms with E-state index in [1.165, 1.54) is 0 Å². The van der Waals surface area contributed by atoms with E-state index >= 15 is 0 Å². The van der Waals surface area contributed by atoms with Crippen LogP contribution in [0.15, 0.2) is 60.7 Å². The molecule has 3 rings (SSSR count). The summed E-state index contributed by atoms with van der Waals surface area (Å²) in [5.74, 6) is -2.81. The van der Waals surface area contributed by atoms with Gasteiger partial charge in [0.2, 0.25) is 29.5 Å². The molecule has 1 fully saturated rings. The number of hydrogen-bond donors (Lipinski definition) is 5. The van der Waals surface area contributed by atoms with Crippen molar-refractivity contribution in [2.45, 2.75) is 97.4 Å². The third-order valence-electron chi connectivity index (χ3n) is 7.76. The highest BCUT2D eigenvalue weighted by atomic mass is 16.2. The van der Waals surface area contributed by atoms with E-state index in [4.69, 9.17) is 0 Å². The van der Waals surface area contributed by atoms with Gasteiger partial charge < -0.3 is 26.6 Å². The summed E-state index contributed by atoms with van der Waals surface area (Å²) in [4.78, 5) is 68.8. The number of carbonyl (C=O) groups is 5. The average Bonchev–Trinajstić information content (AvgIpc) is 2.98. The van der Waals surface area contributed by atoms with Gasteiger partial charge in [0.15, 0.2) is 0 Å². The quantitative estimate of drug-likeness (QED) is 0.293. The molecule has 2 aromatic rings. The molecule has 244 valence electrons. The molecule has 10 heteroatoms. The zero-order chi connectivity index (χ0) is 33.1. The van der Waals surface area contributed by atoms with Crippen LogP contribution in [-0.4, -0.2) is 59.7 Å². The Labute approximate surface area is 266 Å². The van der Waals surface area contributed by atoms with Gasteiger partial charge in [0.05, 0.1) is 0 Å². The van der Waals surface area contributed by atoms with Crippen LogP contribution in [-0.2, 0) is 36.8 Å². The summed E-state index contributed by atoms with van der Waals surface area (Å²) < 4.78 is 0. The van der Waals surface area contributed by atoms with Crippen molar-refractivity contribution >= 4 is 29.5 Å². The average molecular weight is 620 g/mol. The van der Waals surface area contributed by atoms with Crippen molar-refractivity contribution < 1.29 is 24.0 Å². The van der Waals surface area contributed by atoms with Crippen LogP contribution >= 0.6 is 0 Å². The van der Waals surface area contributed by atoms with Gasteiger partial charge in [-0.3, -0.25) is 24.0 Å². The first-order chi connectivity index (χ1) is 21.3. The maximum absolute atomic E-state index is 13.9. The zero-order valence-corrected chi connectivity index (χ0v) is 27.3. The van der Waals surface area contributed by atoms with Crippen LogP contribution in [0.25, 0.3) is 0 Å². The lowest BCUT2D eigenvalue weighted by atomic mass is 9.98. The van der Waals surface area contributed by atoms with Crippen LogP contribution < -0.4 is 26.6 Å². The van der Waals surface area contributed by atoms with Crippen LogP contribution in [0.3, 0.4) is 0 Å². The van der Waals surface area contributed by atoms with E-state index in [2.05, 4.69) is 26.6 Å². The lowest BCUT2D eigenvalue weighted by Gasteiger charge is -2.28. The molecule has 0 saturated carbocycles. The molecule has 5 atom stereocenters. The highest BCUT2D eigenvalue weighted by Crippen LogP contribution is 2.13. The Morgan fingerprint density at radius 3 is 1.18 bits per heavy atom. The summed E-state index contributed by atoms with van der Waals surface area (Å²) in [5.41, 5.74) is 1.63. The van der Waals surface area contributed by atoms with E-state index in [9.17, 15) is 24.0 Å². The van der Waals surface area contributed by atoms with Crippen molar-refractivity contribution in [2.24, 2.45) is 17.8 Å². The van der Waals surface area contributed by atoms with Crippen molar-refractivity contribution in [1.29, 1.82) is 0 Å². The summed E-state index contributed by atoms with van der Waals surface area (Å²) in [6.07, 6.45) is 0.998. The number of benzene rings is 2. The molecule has 2 aromatic carbocycles. The molecule has 0 spiro atoms. The molecule has 5 amide bonds. The summed E-state index contributed by atoms with van der Waals surface area (Å²) >= 11 is 0. The SMILES string of the molecule is CC(C)C[C@@H]1NC(=O)[C@H](CC(C)C)NC(=O)[C@@H](C(C)C)NC(=O)[C@@H](Cc2ccccc2)NC(=O)[C@H](Cc2ccccc2)NC1=O. The standard InChI is InChI=1S/C35H49N5O5/c1-21(2)17-26-31(41)37-28(19-24-13-9-7-10-14-24)33(43)38-29(20-25-15-11-8-12-16-25)34(44)40-30(23(5)6)35(45)39-27(18-22(3)4)32(42)36-26/h7-16,21-23,26-30H,17-20H2,1-6H3,(H,36,42)(H,37,41)(H,38,43)(H,39,45)(H,40,44)/t26-,27-,28-,29+,30+/m0/s1. The van der Waals surface area contributed by atoms with E-state index in [0.29, 0.717) is 12.8 Å². The minimum Gasteiger partial charge on any atom is -0.343 e. The fourth-order valence-corrected chi connectivity index (χ4v) is 5.39. The summed E-state index contributed by atoms with van der Waals surface area (Å²) in [7, 11) is 0. The Morgan fingerprint density at radius 2 is 0.800 bits per heavy atom. The third kappa shape index (κ3) is 11.0. The van der Waals surface area contributed by atoms with Gasteiger partial charge in [0, 0.05) is 12.8 Å². The predicted molar refractivity (Wildman–Crippen MR) is 174 cm³/mol. The monoisotopic (exact) mass is 619 g/mol. The molecule has 45 heavy (non-hydrogen) atoms. The van der Waals surface area contributed by atoms with Gasteiger partial charge in [-0.2, -0.15) is 0 Å². The molecular formula is C35H49N5O5. The van der Waals surface area contributed by atoms with Crippen LogP contribution in [0, 0.1) is 17.8 Å². The van der Waals surface area contributed by atoms with Gasteiger partial charge in [-0.05, 0) is 41.7 Å². The Morgan fingerprint density at radius 1 is 0.467 bits per heavy atom. The van der Waals surface area contributed by atoms with Crippen LogP contribution in [0.1, 0.15) is 65.5 Å². The lowest BCUT2D eigenvalue weighted by Crippen LogP contribution is -2.59. The fraction of sp³-hybridized carbons (Fsp3) is 0.514. The number of carbonyl (C=O) groups excluding carboxylic acids is 5. The number of nitrogens with one attached hydrogen (secondary N) is 5. The van der Waals surface area contributed by atoms with Gasteiger partial charge in [0.25, 0.3) is 0 Å². The van der Waals surface area contributed by atoms with Crippen LogP contribution in [0.5, 0.6) is 0 Å². The maximum atomic E-state index is 13.9. The highest BCUT2D eigenvalue weighted by molar-refractivity contribution is 5.98. The highest BCUT2D eigenvalue weighted by Gasteiger charge is 2.35. The van der Waals surface area contributed by atoms with Gasteiger partial charge in [0.1, 0.15) is 30.2 Å².